The van der Waals surface area contributed by atoms with Crippen molar-refractivity contribution in [2.45, 2.75) is 19.3 Å². The molecule has 7 heteroatoms. The van der Waals surface area contributed by atoms with Gasteiger partial charge in [0.25, 0.3) is 0 Å². The van der Waals surface area contributed by atoms with Crippen LogP contribution in [0.4, 0.5) is 0 Å². The molecule has 5 nitrogen and oxygen atoms in total. The van der Waals surface area contributed by atoms with Gasteiger partial charge in [0.05, 0.1) is 26.6 Å². The lowest BCUT2D eigenvalue weighted by atomic mass is 10.2. The molecule has 20 heavy (non-hydrogen) atoms. The van der Waals surface area contributed by atoms with Crippen LogP contribution in [0.25, 0.3) is 0 Å². The fourth-order valence-corrected chi connectivity index (χ4v) is 2.56. The number of hydrogen-bond acceptors (Lipinski definition) is 5. The van der Waals surface area contributed by atoms with Crippen LogP contribution in [-0.2, 0) is 9.05 Å². The average molecular weight is 323 g/mol. The molecule has 1 rings (SSSR count). The fourth-order valence-electron chi connectivity index (χ4n) is 1.69. The van der Waals surface area contributed by atoms with Crippen molar-refractivity contribution in [2.75, 3.05) is 26.6 Å². The number of hydrogen-bond donors (Lipinski definition) is 0. The van der Waals surface area contributed by atoms with Crippen molar-refractivity contribution in [1.29, 1.82) is 0 Å². The van der Waals surface area contributed by atoms with Crippen LogP contribution in [0.5, 0.6) is 17.2 Å². The summed E-state index contributed by atoms with van der Waals surface area (Å²) in [6.45, 7) is 0.457. The van der Waals surface area contributed by atoms with E-state index >= 15 is 0 Å². The second-order valence-electron chi connectivity index (χ2n) is 4.14. The van der Waals surface area contributed by atoms with E-state index in [0.29, 0.717) is 30.3 Å². The highest BCUT2D eigenvalue weighted by Crippen LogP contribution is 2.36. The molecule has 0 aromatic heterocycles. The monoisotopic (exact) mass is 322 g/mol. The highest BCUT2D eigenvalue weighted by molar-refractivity contribution is 8.13. The van der Waals surface area contributed by atoms with E-state index in [-0.39, 0.29) is 5.75 Å². The fraction of sp³-hybridized carbons (Fsp3) is 0.538. The number of unbranched alkanes of at least 4 members (excludes halogenated alkanes) is 2. The van der Waals surface area contributed by atoms with Crippen LogP contribution in [0.1, 0.15) is 19.3 Å². The summed E-state index contributed by atoms with van der Waals surface area (Å²) >= 11 is 0. The zero-order chi connectivity index (χ0) is 15.0. The first-order valence-electron chi connectivity index (χ1n) is 6.24. The van der Waals surface area contributed by atoms with Gasteiger partial charge in [0.1, 0.15) is 0 Å². The second-order valence-corrected chi connectivity index (χ2v) is 7.04. The molecule has 0 amide bonds. The first-order chi connectivity index (χ1) is 9.48. The Balaban J connectivity index is 2.42. The topological polar surface area (TPSA) is 61.8 Å². The molecule has 0 radical (unpaired) electrons. The number of methoxy groups -OCH3 is 2. The van der Waals surface area contributed by atoms with Crippen molar-refractivity contribution < 1.29 is 22.6 Å². The lowest BCUT2D eigenvalue weighted by Crippen LogP contribution is -2.03. The van der Waals surface area contributed by atoms with E-state index < -0.39 is 9.05 Å². The minimum atomic E-state index is -3.39. The van der Waals surface area contributed by atoms with Gasteiger partial charge in [-0.2, -0.15) is 0 Å². The third-order valence-electron chi connectivity index (χ3n) is 2.66. The van der Waals surface area contributed by atoms with Crippen LogP contribution >= 0.6 is 10.7 Å². The van der Waals surface area contributed by atoms with E-state index in [1.54, 1.807) is 26.4 Å². The van der Waals surface area contributed by atoms with Crippen LogP contribution in [0.3, 0.4) is 0 Å². The van der Waals surface area contributed by atoms with Gasteiger partial charge in [0.15, 0.2) is 11.5 Å². The summed E-state index contributed by atoms with van der Waals surface area (Å²) in [7, 11) is 4.86. The van der Waals surface area contributed by atoms with E-state index in [9.17, 15) is 8.42 Å². The summed E-state index contributed by atoms with van der Waals surface area (Å²) in [6.07, 6.45) is 1.98. The van der Waals surface area contributed by atoms with Crippen molar-refractivity contribution in [3.63, 3.8) is 0 Å². The first kappa shape index (κ1) is 16.9. The third-order valence-corrected chi connectivity index (χ3v) is 3.90. The summed E-state index contributed by atoms with van der Waals surface area (Å²) < 4.78 is 37.6. The van der Waals surface area contributed by atoms with Gasteiger partial charge in [0, 0.05) is 10.7 Å². The quantitative estimate of drug-likeness (QED) is 0.517. The standard InChI is InChI=1S/C13H19ClO5S/c1-17-11-7-6-8-12(18-2)13(11)19-9-4-3-5-10-20(14,15)16/h6-8H,3-5,9-10H2,1-2H3. The Morgan fingerprint density at radius 1 is 1.05 bits per heavy atom. The van der Waals surface area contributed by atoms with Gasteiger partial charge in [-0.15, -0.1) is 0 Å². The number of ether oxygens (including phenoxy) is 3. The predicted octanol–water partition coefficient (Wildman–Crippen LogP) is 2.82. The maximum atomic E-state index is 10.8. The van der Waals surface area contributed by atoms with E-state index in [0.717, 1.165) is 12.8 Å². The minimum Gasteiger partial charge on any atom is -0.493 e. The Labute approximate surface area is 124 Å². The van der Waals surface area contributed by atoms with Crippen LogP contribution in [-0.4, -0.2) is 35.0 Å². The Morgan fingerprint density at radius 3 is 2.15 bits per heavy atom. The average Bonchev–Trinajstić information content (AvgIpc) is 2.41. The molecule has 0 bridgehead atoms. The maximum absolute atomic E-state index is 10.8. The van der Waals surface area contributed by atoms with Crippen molar-refractivity contribution in [1.82, 2.24) is 0 Å². The van der Waals surface area contributed by atoms with Gasteiger partial charge < -0.3 is 14.2 Å². The molecule has 0 aliphatic rings. The molecule has 0 aliphatic heterocycles. The molecule has 0 unspecified atom stereocenters. The largest absolute Gasteiger partial charge is 0.493 e. The summed E-state index contributed by atoms with van der Waals surface area (Å²) in [5.74, 6) is 1.76. The van der Waals surface area contributed by atoms with Gasteiger partial charge in [0.2, 0.25) is 14.8 Å². The molecule has 0 saturated heterocycles. The smallest absolute Gasteiger partial charge is 0.232 e. The summed E-state index contributed by atoms with van der Waals surface area (Å²) in [4.78, 5) is 0. The SMILES string of the molecule is COc1cccc(OC)c1OCCCCCS(=O)(=O)Cl. The van der Waals surface area contributed by atoms with Crippen LogP contribution in [0.2, 0.25) is 0 Å². The lowest BCUT2D eigenvalue weighted by Gasteiger charge is -2.13. The zero-order valence-corrected chi connectivity index (χ0v) is 13.2. The molecular weight excluding hydrogens is 304 g/mol. The Morgan fingerprint density at radius 2 is 1.65 bits per heavy atom. The number of para-hydroxylation sites is 1. The van der Waals surface area contributed by atoms with Crippen molar-refractivity contribution in [2.24, 2.45) is 0 Å². The lowest BCUT2D eigenvalue weighted by molar-refractivity contribution is 0.268. The predicted molar refractivity (Wildman–Crippen MR) is 78.5 cm³/mol. The van der Waals surface area contributed by atoms with E-state index in [1.165, 1.54) is 0 Å². The number of halogens is 1. The van der Waals surface area contributed by atoms with Gasteiger partial charge >= 0.3 is 0 Å². The summed E-state index contributed by atoms with van der Waals surface area (Å²) in [6, 6.07) is 5.39. The Bertz CT molecular complexity index is 493. The molecule has 1 aromatic rings. The highest BCUT2D eigenvalue weighted by Gasteiger charge is 2.11. The minimum absolute atomic E-state index is 0.00741. The van der Waals surface area contributed by atoms with Crippen molar-refractivity contribution >= 4 is 19.7 Å². The molecule has 0 saturated carbocycles. The number of rotatable bonds is 9. The van der Waals surface area contributed by atoms with E-state index in [1.807, 2.05) is 6.07 Å². The summed E-state index contributed by atoms with van der Waals surface area (Å²) in [5.41, 5.74) is 0. The van der Waals surface area contributed by atoms with Gasteiger partial charge in [-0.05, 0) is 31.4 Å². The Kier molecular flexibility index (Phi) is 6.95. The zero-order valence-electron chi connectivity index (χ0n) is 11.6. The number of benzene rings is 1. The van der Waals surface area contributed by atoms with Crippen LogP contribution < -0.4 is 14.2 Å². The normalized spacial score (nSPS) is 11.2. The van der Waals surface area contributed by atoms with Crippen molar-refractivity contribution in [3.05, 3.63) is 18.2 Å². The molecule has 0 heterocycles. The second kappa shape index (κ2) is 8.21. The van der Waals surface area contributed by atoms with Gasteiger partial charge in [-0.1, -0.05) is 6.07 Å². The highest BCUT2D eigenvalue weighted by atomic mass is 35.7. The molecule has 0 fully saturated rings. The molecule has 0 aliphatic carbocycles. The summed E-state index contributed by atoms with van der Waals surface area (Å²) in [5, 5.41) is 0. The molecule has 0 spiro atoms. The van der Waals surface area contributed by atoms with Crippen LogP contribution in [0.15, 0.2) is 18.2 Å². The third kappa shape index (κ3) is 5.88. The molecule has 0 N–H and O–H groups in total. The van der Waals surface area contributed by atoms with E-state index in [2.05, 4.69) is 0 Å². The molecule has 1 aromatic carbocycles. The van der Waals surface area contributed by atoms with Crippen LogP contribution in [0, 0.1) is 0 Å². The van der Waals surface area contributed by atoms with Crippen molar-refractivity contribution in [3.8, 4) is 17.2 Å². The van der Waals surface area contributed by atoms with Gasteiger partial charge in [-0.3, -0.25) is 0 Å². The van der Waals surface area contributed by atoms with E-state index in [4.69, 9.17) is 24.9 Å². The molecule has 0 atom stereocenters. The Hall–Kier alpha value is -1.14. The van der Waals surface area contributed by atoms with Gasteiger partial charge in [-0.25, -0.2) is 8.42 Å². The molecule has 114 valence electrons. The first-order valence-corrected chi connectivity index (χ1v) is 8.72. The maximum Gasteiger partial charge on any atom is 0.232 e. The molecular formula is C13H19ClO5S.